The highest BCUT2D eigenvalue weighted by Crippen LogP contribution is 2.16. The zero-order chi connectivity index (χ0) is 15.4. The number of nitrogens with one attached hydrogen (secondary N) is 1. The van der Waals surface area contributed by atoms with Gasteiger partial charge in [-0.15, -0.1) is 10.2 Å². The van der Waals surface area contributed by atoms with Crippen LogP contribution < -0.4 is 5.32 Å². The fourth-order valence-electron chi connectivity index (χ4n) is 3.51. The molecule has 0 radical (unpaired) electrons. The van der Waals surface area contributed by atoms with Gasteiger partial charge >= 0.3 is 6.03 Å². The number of rotatable bonds is 3. The summed E-state index contributed by atoms with van der Waals surface area (Å²) in [6, 6.07) is 0.431. The zero-order valence-corrected chi connectivity index (χ0v) is 13.6. The molecule has 6 heteroatoms. The Morgan fingerprint density at radius 3 is 2.91 bits per heavy atom. The molecule has 2 amide bonds. The van der Waals surface area contributed by atoms with Gasteiger partial charge in [-0.05, 0) is 39.0 Å². The van der Waals surface area contributed by atoms with Gasteiger partial charge in [0.15, 0.2) is 0 Å². The maximum absolute atomic E-state index is 12.3. The Hall–Kier alpha value is -1.59. The fourth-order valence-corrected chi connectivity index (χ4v) is 3.51. The molecular weight excluding hydrogens is 278 g/mol. The van der Waals surface area contributed by atoms with Crippen LogP contribution in [0.5, 0.6) is 0 Å². The van der Waals surface area contributed by atoms with Gasteiger partial charge in [-0.25, -0.2) is 4.79 Å². The minimum atomic E-state index is 0.0720. The number of amides is 2. The molecule has 122 valence electrons. The number of aryl methyl sites for hydroxylation is 1. The quantitative estimate of drug-likeness (QED) is 0.930. The maximum atomic E-state index is 12.3. The number of carbonyl (C=O) groups excluding carboxylic acids is 1. The van der Waals surface area contributed by atoms with E-state index in [1.54, 1.807) is 0 Å². The van der Waals surface area contributed by atoms with Crippen LogP contribution in [0.1, 0.15) is 57.1 Å². The topological polar surface area (TPSA) is 63.1 Å². The van der Waals surface area contributed by atoms with E-state index in [-0.39, 0.29) is 6.03 Å². The molecule has 1 unspecified atom stereocenters. The van der Waals surface area contributed by atoms with Crippen molar-refractivity contribution in [2.45, 2.75) is 70.9 Å². The molecule has 1 aromatic heterocycles. The third-order valence-electron chi connectivity index (χ3n) is 4.87. The van der Waals surface area contributed by atoms with Crippen molar-refractivity contribution in [1.29, 1.82) is 0 Å². The molecule has 3 rings (SSSR count). The van der Waals surface area contributed by atoms with E-state index < -0.39 is 0 Å². The summed E-state index contributed by atoms with van der Waals surface area (Å²) in [4.78, 5) is 14.2. The Labute approximate surface area is 132 Å². The number of urea groups is 1. The number of likely N-dealkylation sites (tertiary alicyclic amines) is 1. The van der Waals surface area contributed by atoms with E-state index in [1.165, 1.54) is 25.7 Å². The Morgan fingerprint density at radius 2 is 2.05 bits per heavy atom. The first kappa shape index (κ1) is 15.3. The van der Waals surface area contributed by atoms with Gasteiger partial charge in [0.05, 0.1) is 0 Å². The molecule has 1 saturated heterocycles. The van der Waals surface area contributed by atoms with Gasteiger partial charge in [0.25, 0.3) is 0 Å². The molecular formula is C16H27N5O. The molecule has 0 spiro atoms. The molecule has 3 heterocycles. The highest BCUT2D eigenvalue weighted by atomic mass is 16.2. The van der Waals surface area contributed by atoms with Gasteiger partial charge < -0.3 is 14.8 Å². The van der Waals surface area contributed by atoms with Gasteiger partial charge in [0.1, 0.15) is 11.6 Å². The van der Waals surface area contributed by atoms with Gasteiger partial charge in [-0.1, -0.05) is 6.42 Å². The zero-order valence-electron chi connectivity index (χ0n) is 13.6. The smallest absolute Gasteiger partial charge is 0.317 e. The van der Waals surface area contributed by atoms with Crippen LogP contribution in [0.2, 0.25) is 0 Å². The van der Waals surface area contributed by atoms with Crippen LogP contribution in [0.25, 0.3) is 0 Å². The summed E-state index contributed by atoms with van der Waals surface area (Å²) >= 11 is 0. The lowest BCUT2D eigenvalue weighted by Crippen LogP contribution is -2.47. The lowest BCUT2D eigenvalue weighted by Gasteiger charge is -2.33. The molecule has 0 aromatic carbocycles. The molecule has 22 heavy (non-hydrogen) atoms. The van der Waals surface area contributed by atoms with E-state index in [0.29, 0.717) is 12.6 Å². The standard InChI is InChI=1S/C16H27N5O/c1-13-7-4-6-11-20(13)16(22)17-10-9-15-19-18-14-8-3-2-5-12-21(14)15/h13H,2-12H2,1H3,(H,17,22). The number of carbonyl (C=O) groups is 1. The van der Waals surface area contributed by atoms with E-state index >= 15 is 0 Å². The van der Waals surface area contributed by atoms with E-state index in [9.17, 15) is 4.79 Å². The Balaban J connectivity index is 1.51. The molecule has 0 aliphatic carbocycles. The van der Waals surface area contributed by atoms with Crippen LogP contribution in [0.15, 0.2) is 0 Å². The summed E-state index contributed by atoms with van der Waals surface area (Å²) in [6.07, 6.45) is 8.95. The largest absolute Gasteiger partial charge is 0.338 e. The van der Waals surface area contributed by atoms with Crippen molar-refractivity contribution in [3.63, 3.8) is 0 Å². The first-order valence-electron chi connectivity index (χ1n) is 8.71. The first-order chi connectivity index (χ1) is 10.8. The normalized spacial score (nSPS) is 22.0. The average molecular weight is 305 g/mol. The monoisotopic (exact) mass is 305 g/mol. The fraction of sp³-hybridized carbons (Fsp3) is 0.812. The second kappa shape index (κ2) is 7.11. The Kier molecular flexibility index (Phi) is 4.95. The number of hydrogen-bond acceptors (Lipinski definition) is 3. The number of nitrogens with zero attached hydrogens (tertiary/aromatic N) is 4. The maximum Gasteiger partial charge on any atom is 0.317 e. The molecule has 1 atom stereocenters. The SMILES string of the molecule is CC1CCCCN1C(=O)NCCc1nnc2n1CCCCC2. The van der Waals surface area contributed by atoms with Crippen LogP contribution in [0.3, 0.4) is 0 Å². The highest BCUT2D eigenvalue weighted by Gasteiger charge is 2.23. The van der Waals surface area contributed by atoms with Crippen LogP contribution in [-0.4, -0.2) is 44.8 Å². The van der Waals surface area contributed by atoms with Crippen molar-refractivity contribution >= 4 is 6.03 Å². The summed E-state index contributed by atoms with van der Waals surface area (Å²) in [6.45, 7) is 4.68. The molecule has 1 N–H and O–H groups in total. The van der Waals surface area contributed by atoms with Crippen molar-refractivity contribution in [2.24, 2.45) is 0 Å². The van der Waals surface area contributed by atoms with Crippen molar-refractivity contribution in [2.75, 3.05) is 13.1 Å². The first-order valence-corrected chi connectivity index (χ1v) is 8.71. The number of hydrogen-bond donors (Lipinski definition) is 1. The molecule has 0 saturated carbocycles. The summed E-state index contributed by atoms with van der Waals surface area (Å²) in [5.74, 6) is 2.13. The summed E-state index contributed by atoms with van der Waals surface area (Å²) in [5.41, 5.74) is 0. The van der Waals surface area contributed by atoms with E-state index in [2.05, 4.69) is 27.0 Å². The third kappa shape index (κ3) is 3.42. The average Bonchev–Trinajstić information content (AvgIpc) is 2.75. The lowest BCUT2D eigenvalue weighted by atomic mass is 10.0. The molecule has 2 aliphatic rings. The van der Waals surface area contributed by atoms with Gasteiger partial charge in [-0.2, -0.15) is 0 Å². The predicted octanol–water partition coefficient (Wildman–Crippen LogP) is 2.13. The molecule has 2 aliphatic heterocycles. The summed E-state index contributed by atoms with van der Waals surface area (Å²) in [7, 11) is 0. The second-order valence-electron chi connectivity index (χ2n) is 6.51. The molecule has 6 nitrogen and oxygen atoms in total. The van der Waals surface area contributed by atoms with E-state index in [1.807, 2.05) is 4.90 Å². The van der Waals surface area contributed by atoms with E-state index in [4.69, 9.17) is 0 Å². The van der Waals surface area contributed by atoms with Crippen LogP contribution in [0, 0.1) is 0 Å². The van der Waals surface area contributed by atoms with Gasteiger partial charge in [0, 0.05) is 38.5 Å². The number of piperidine rings is 1. The van der Waals surface area contributed by atoms with Gasteiger partial charge in [0.2, 0.25) is 0 Å². The van der Waals surface area contributed by atoms with Gasteiger partial charge in [-0.3, -0.25) is 0 Å². The van der Waals surface area contributed by atoms with Crippen molar-refractivity contribution < 1.29 is 4.79 Å². The van der Waals surface area contributed by atoms with Crippen molar-refractivity contribution in [3.8, 4) is 0 Å². The number of fused-ring (bicyclic) bond motifs is 1. The molecule has 1 aromatic rings. The summed E-state index contributed by atoms with van der Waals surface area (Å²) < 4.78 is 2.25. The predicted molar refractivity (Wildman–Crippen MR) is 84.7 cm³/mol. The van der Waals surface area contributed by atoms with Crippen molar-refractivity contribution in [1.82, 2.24) is 25.0 Å². The second-order valence-corrected chi connectivity index (χ2v) is 6.51. The summed E-state index contributed by atoms with van der Waals surface area (Å²) in [5, 5.41) is 11.7. The molecule has 0 bridgehead atoms. The van der Waals surface area contributed by atoms with Crippen LogP contribution in [0.4, 0.5) is 4.79 Å². The minimum absolute atomic E-state index is 0.0720. The molecule has 1 fully saturated rings. The van der Waals surface area contributed by atoms with Crippen LogP contribution in [-0.2, 0) is 19.4 Å². The highest BCUT2D eigenvalue weighted by molar-refractivity contribution is 5.74. The lowest BCUT2D eigenvalue weighted by molar-refractivity contribution is 0.158. The van der Waals surface area contributed by atoms with Crippen LogP contribution >= 0.6 is 0 Å². The Morgan fingerprint density at radius 1 is 1.18 bits per heavy atom. The minimum Gasteiger partial charge on any atom is -0.338 e. The number of aromatic nitrogens is 3. The van der Waals surface area contributed by atoms with Crippen molar-refractivity contribution in [3.05, 3.63) is 11.6 Å². The van der Waals surface area contributed by atoms with E-state index in [0.717, 1.165) is 50.4 Å². The Bertz CT molecular complexity index is 513. The third-order valence-corrected chi connectivity index (χ3v) is 4.87.